The molecule has 1 aromatic rings. The highest BCUT2D eigenvalue weighted by atomic mass is 16.2. The lowest BCUT2D eigenvalue weighted by Crippen LogP contribution is -3.11. The summed E-state index contributed by atoms with van der Waals surface area (Å²) in [6.07, 6.45) is 1.94. The first-order valence-corrected chi connectivity index (χ1v) is 10.9. The van der Waals surface area contributed by atoms with Gasteiger partial charge in [-0.1, -0.05) is 0 Å². The van der Waals surface area contributed by atoms with E-state index in [2.05, 4.69) is 38.3 Å². The van der Waals surface area contributed by atoms with Crippen LogP contribution in [0.2, 0.25) is 0 Å². The van der Waals surface area contributed by atoms with Gasteiger partial charge in [-0.25, -0.2) is 0 Å². The van der Waals surface area contributed by atoms with Crippen LogP contribution in [0.5, 0.6) is 0 Å². The Bertz CT molecular complexity index is 515. The molecule has 4 N–H and O–H groups in total. The minimum absolute atomic E-state index is 0.0799. The standard InChI is InChI=1S/C22H38N4O2/c1-5-25(6-2)17-9-15-23-21(27)19-11-13-20(14-12-19)22(28)24-16-10-18-26(7-3)8-4/h11-14H,5-10,15-18H2,1-4H3,(H,23,27)(H,24,28)/p+2. The maximum absolute atomic E-state index is 12.2. The molecule has 2 amide bonds. The first kappa shape index (κ1) is 24.1. The number of benzene rings is 1. The molecule has 28 heavy (non-hydrogen) atoms. The zero-order chi connectivity index (χ0) is 20.8. The van der Waals surface area contributed by atoms with Crippen LogP contribution in [0.3, 0.4) is 0 Å². The van der Waals surface area contributed by atoms with E-state index in [1.807, 2.05) is 0 Å². The predicted octanol–water partition coefficient (Wildman–Crippen LogP) is -0.224. The molecule has 0 atom stereocenters. The highest BCUT2D eigenvalue weighted by Gasteiger charge is 2.10. The van der Waals surface area contributed by atoms with Crippen LogP contribution >= 0.6 is 0 Å². The van der Waals surface area contributed by atoms with Crippen molar-refractivity contribution in [1.29, 1.82) is 0 Å². The topological polar surface area (TPSA) is 67.1 Å². The van der Waals surface area contributed by atoms with Crippen LogP contribution in [0, 0.1) is 0 Å². The van der Waals surface area contributed by atoms with E-state index in [4.69, 9.17) is 0 Å². The SMILES string of the molecule is CC[NH+](CC)CCCNC(=O)c1ccc(C(=O)NCCC[NH+](CC)CC)cc1. The smallest absolute Gasteiger partial charge is 0.251 e. The Hall–Kier alpha value is -1.92. The molecular formula is C22H40N4O2+2. The molecule has 6 nitrogen and oxygen atoms in total. The number of carbonyl (C=O) groups excluding carboxylic acids is 2. The second-order valence-corrected chi connectivity index (χ2v) is 7.21. The average molecular weight is 393 g/mol. The van der Waals surface area contributed by atoms with Crippen molar-refractivity contribution < 1.29 is 19.4 Å². The summed E-state index contributed by atoms with van der Waals surface area (Å²) in [4.78, 5) is 27.5. The molecule has 0 heterocycles. The molecule has 0 aliphatic rings. The summed E-state index contributed by atoms with van der Waals surface area (Å²) in [5, 5.41) is 5.92. The summed E-state index contributed by atoms with van der Waals surface area (Å²) >= 11 is 0. The third-order valence-corrected chi connectivity index (χ3v) is 5.39. The number of amides is 2. The molecular weight excluding hydrogens is 352 g/mol. The van der Waals surface area contributed by atoms with Gasteiger partial charge in [0.05, 0.1) is 39.3 Å². The Morgan fingerprint density at radius 1 is 0.679 bits per heavy atom. The number of carbonyl (C=O) groups is 2. The number of hydrogen-bond donors (Lipinski definition) is 4. The Balaban J connectivity index is 2.35. The van der Waals surface area contributed by atoms with Gasteiger partial charge in [0.25, 0.3) is 11.8 Å². The normalized spacial score (nSPS) is 11.1. The molecule has 1 aromatic carbocycles. The second-order valence-electron chi connectivity index (χ2n) is 7.21. The molecule has 0 saturated carbocycles. The third-order valence-electron chi connectivity index (χ3n) is 5.39. The molecule has 0 saturated heterocycles. The van der Waals surface area contributed by atoms with Crippen molar-refractivity contribution in [3.05, 3.63) is 35.4 Å². The van der Waals surface area contributed by atoms with E-state index in [0.29, 0.717) is 24.2 Å². The van der Waals surface area contributed by atoms with Crippen LogP contribution in [0.15, 0.2) is 24.3 Å². The van der Waals surface area contributed by atoms with Crippen molar-refractivity contribution in [2.75, 3.05) is 52.4 Å². The molecule has 0 radical (unpaired) electrons. The van der Waals surface area contributed by atoms with Crippen LogP contribution in [-0.2, 0) is 0 Å². The van der Waals surface area contributed by atoms with Gasteiger partial charge in [0.15, 0.2) is 0 Å². The van der Waals surface area contributed by atoms with Crippen molar-refractivity contribution >= 4 is 11.8 Å². The molecule has 0 aliphatic carbocycles. The lowest BCUT2D eigenvalue weighted by atomic mass is 10.1. The van der Waals surface area contributed by atoms with Gasteiger partial charge in [-0.05, 0) is 52.0 Å². The lowest BCUT2D eigenvalue weighted by molar-refractivity contribution is -0.896. The van der Waals surface area contributed by atoms with Gasteiger partial charge in [-0.2, -0.15) is 0 Å². The van der Waals surface area contributed by atoms with Crippen LogP contribution in [0.25, 0.3) is 0 Å². The van der Waals surface area contributed by atoms with Crippen LogP contribution in [-0.4, -0.2) is 64.2 Å². The van der Waals surface area contributed by atoms with E-state index in [9.17, 15) is 9.59 Å². The minimum Gasteiger partial charge on any atom is -0.352 e. The van der Waals surface area contributed by atoms with Crippen molar-refractivity contribution in [1.82, 2.24) is 10.6 Å². The van der Waals surface area contributed by atoms with E-state index < -0.39 is 0 Å². The molecule has 0 aliphatic heterocycles. The Morgan fingerprint density at radius 2 is 1.00 bits per heavy atom. The molecule has 0 spiro atoms. The molecule has 0 aromatic heterocycles. The van der Waals surface area contributed by atoms with Gasteiger partial charge in [0.1, 0.15) is 0 Å². The Labute approximate surface area is 170 Å². The zero-order valence-electron chi connectivity index (χ0n) is 18.2. The minimum atomic E-state index is -0.0799. The molecule has 6 heteroatoms. The summed E-state index contributed by atoms with van der Waals surface area (Å²) in [5.41, 5.74) is 1.19. The largest absolute Gasteiger partial charge is 0.352 e. The lowest BCUT2D eigenvalue weighted by Gasteiger charge is -2.15. The van der Waals surface area contributed by atoms with Gasteiger partial charge < -0.3 is 20.4 Å². The molecule has 0 bridgehead atoms. The fourth-order valence-electron chi connectivity index (χ4n) is 3.26. The number of nitrogens with one attached hydrogen (secondary N) is 4. The Morgan fingerprint density at radius 3 is 1.29 bits per heavy atom. The fourth-order valence-corrected chi connectivity index (χ4v) is 3.26. The maximum Gasteiger partial charge on any atom is 0.251 e. The first-order valence-electron chi connectivity index (χ1n) is 10.9. The molecule has 0 fully saturated rings. The fraction of sp³-hybridized carbons (Fsp3) is 0.636. The van der Waals surface area contributed by atoms with Gasteiger partial charge in [0, 0.05) is 37.1 Å². The summed E-state index contributed by atoms with van der Waals surface area (Å²) in [6.45, 7) is 16.7. The third kappa shape index (κ3) is 8.85. The van der Waals surface area contributed by atoms with Crippen molar-refractivity contribution in [2.24, 2.45) is 0 Å². The molecule has 158 valence electrons. The van der Waals surface area contributed by atoms with E-state index in [1.54, 1.807) is 34.1 Å². The average Bonchev–Trinajstić information content (AvgIpc) is 2.73. The predicted molar refractivity (Wildman–Crippen MR) is 114 cm³/mol. The highest BCUT2D eigenvalue weighted by molar-refractivity contribution is 5.97. The van der Waals surface area contributed by atoms with Crippen LogP contribution in [0.1, 0.15) is 61.3 Å². The van der Waals surface area contributed by atoms with Crippen LogP contribution in [0.4, 0.5) is 0 Å². The second kappa shape index (κ2) is 14.1. The molecule has 1 rings (SSSR count). The van der Waals surface area contributed by atoms with Gasteiger partial charge in [0.2, 0.25) is 0 Å². The Kier molecular flexibility index (Phi) is 12.2. The quantitative estimate of drug-likeness (QED) is 0.331. The van der Waals surface area contributed by atoms with Gasteiger partial charge in [-0.15, -0.1) is 0 Å². The number of quaternary nitrogens is 2. The van der Waals surface area contributed by atoms with Gasteiger partial charge in [-0.3, -0.25) is 9.59 Å². The van der Waals surface area contributed by atoms with E-state index in [-0.39, 0.29) is 11.8 Å². The summed E-state index contributed by atoms with van der Waals surface area (Å²) in [5.74, 6) is -0.160. The first-order chi connectivity index (χ1) is 13.5. The summed E-state index contributed by atoms with van der Waals surface area (Å²) in [6, 6.07) is 6.89. The summed E-state index contributed by atoms with van der Waals surface area (Å²) < 4.78 is 0. The van der Waals surface area contributed by atoms with Crippen molar-refractivity contribution in [3.63, 3.8) is 0 Å². The zero-order valence-corrected chi connectivity index (χ0v) is 18.2. The van der Waals surface area contributed by atoms with Crippen LogP contribution < -0.4 is 20.4 Å². The highest BCUT2D eigenvalue weighted by Crippen LogP contribution is 2.04. The summed E-state index contributed by atoms with van der Waals surface area (Å²) in [7, 11) is 0. The van der Waals surface area contributed by atoms with E-state index >= 15 is 0 Å². The molecule has 0 unspecified atom stereocenters. The number of rotatable bonds is 14. The van der Waals surface area contributed by atoms with E-state index in [0.717, 1.165) is 52.1 Å². The van der Waals surface area contributed by atoms with Crippen molar-refractivity contribution in [2.45, 2.75) is 40.5 Å². The monoisotopic (exact) mass is 392 g/mol. The maximum atomic E-state index is 12.2. The van der Waals surface area contributed by atoms with E-state index in [1.165, 1.54) is 0 Å². The van der Waals surface area contributed by atoms with Gasteiger partial charge >= 0.3 is 0 Å². The number of hydrogen-bond acceptors (Lipinski definition) is 2. The van der Waals surface area contributed by atoms with Crippen molar-refractivity contribution in [3.8, 4) is 0 Å².